The van der Waals surface area contributed by atoms with Crippen LogP contribution < -0.4 is 11.1 Å². The van der Waals surface area contributed by atoms with Crippen molar-refractivity contribution >= 4 is 11.6 Å². The Morgan fingerprint density at radius 2 is 2.12 bits per heavy atom. The van der Waals surface area contributed by atoms with E-state index in [2.05, 4.69) is 5.32 Å². The molecule has 1 aromatic carbocycles. The molecule has 1 amide bonds. The summed E-state index contributed by atoms with van der Waals surface area (Å²) in [6, 6.07) is 5.73. The second-order valence-electron chi connectivity index (χ2n) is 4.87. The molecule has 0 atom stereocenters. The van der Waals surface area contributed by atoms with Gasteiger partial charge in [-0.15, -0.1) is 0 Å². The lowest BCUT2D eigenvalue weighted by Gasteiger charge is -2.33. The second kappa shape index (κ2) is 3.74. The van der Waals surface area contributed by atoms with Crippen LogP contribution in [0.15, 0.2) is 18.2 Å². The minimum absolute atomic E-state index is 0.198. The number of anilines is 1. The number of hydrogen-bond donors (Lipinski definition) is 2. The van der Waals surface area contributed by atoms with Gasteiger partial charge in [0.2, 0.25) is 5.91 Å². The fourth-order valence-electron chi connectivity index (χ4n) is 2.87. The number of amides is 1. The molecule has 1 saturated heterocycles. The second-order valence-corrected chi connectivity index (χ2v) is 4.87. The number of nitrogens with one attached hydrogen (secondary N) is 1. The van der Waals surface area contributed by atoms with Crippen LogP contribution in [0, 0.1) is 0 Å². The molecule has 1 spiro atoms. The zero-order valence-corrected chi connectivity index (χ0v) is 9.66. The van der Waals surface area contributed by atoms with Crippen molar-refractivity contribution in [3.63, 3.8) is 0 Å². The highest BCUT2D eigenvalue weighted by Crippen LogP contribution is 2.43. The topological polar surface area (TPSA) is 64.4 Å². The van der Waals surface area contributed by atoms with Crippen LogP contribution in [0.5, 0.6) is 0 Å². The van der Waals surface area contributed by atoms with Gasteiger partial charge in [0.15, 0.2) is 0 Å². The highest BCUT2D eigenvalue weighted by atomic mass is 16.5. The molecule has 3 N–H and O–H groups in total. The van der Waals surface area contributed by atoms with E-state index in [0.29, 0.717) is 5.56 Å². The molecule has 0 aliphatic carbocycles. The summed E-state index contributed by atoms with van der Waals surface area (Å²) in [5.41, 5.74) is 8.43. The summed E-state index contributed by atoms with van der Waals surface area (Å²) in [5.74, 6) is -0.373. The Bertz CT molecular complexity index is 464. The molecule has 2 aliphatic heterocycles. The van der Waals surface area contributed by atoms with Gasteiger partial charge in [0.05, 0.1) is 0 Å². The first-order valence-corrected chi connectivity index (χ1v) is 5.97. The maximum Gasteiger partial charge on any atom is 0.248 e. The van der Waals surface area contributed by atoms with Crippen molar-refractivity contribution in [2.75, 3.05) is 25.1 Å². The van der Waals surface area contributed by atoms with Gasteiger partial charge in [-0.2, -0.15) is 0 Å². The molecule has 4 nitrogen and oxygen atoms in total. The van der Waals surface area contributed by atoms with Crippen molar-refractivity contribution in [3.05, 3.63) is 29.3 Å². The number of ether oxygens (including phenoxy) is 1. The Kier molecular flexibility index (Phi) is 2.33. The minimum Gasteiger partial charge on any atom is -0.384 e. The van der Waals surface area contributed by atoms with Gasteiger partial charge in [-0.05, 0) is 30.5 Å². The average molecular weight is 232 g/mol. The number of benzene rings is 1. The van der Waals surface area contributed by atoms with Gasteiger partial charge in [0.25, 0.3) is 0 Å². The molecular weight excluding hydrogens is 216 g/mol. The first-order chi connectivity index (χ1) is 8.21. The van der Waals surface area contributed by atoms with Crippen LogP contribution >= 0.6 is 0 Å². The fraction of sp³-hybridized carbons (Fsp3) is 0.462. The fourth-order valence-corrected chi connectivity index (χ4v) is 2.87. The summed E-state index contributed by atoms with van der Waals surface area (Å²) in [5, 5.41) is 3.39. The minimum atomic E-state index is -0.373. The summed E-state index contributed by atoms with van der Waals surface area (Å²) in [6.45, 7) is 2.57. The highest BCUT2D eigenvalue weighted by Gasteiger charge is 2.40. The third kappa shape index (κ3) is 1.60. The van der Waals surface area contributed by atoms with Crippen LogP contribution in [0.2, 0.25) is 0 Å². The van der Waals surface area contributed by atoms with Crippen molar-refractivity contribution in [3.8, 4) is 0 Å². The quantitative estimate of drug-likeness (QED) is 0.766. The summed E-state index contributed by atoms with van der Waals surface area (Å²) in [4.78, 5) is 11.1. The van der Waals surface area contributed by atoms with Crippen molar-refractivity contribution in [1.29, 1.82) is 0 Å². The molecule has 2 aliphatic rings. The maximum atomic E-state index is 11.1. The van der Waals surface area contributed by atoms with Crippen LogP contribution in [0.1, 0.15) is 28.8 Å². The Hall–Kier alpha value is -1.55. The molecule has 0 bridgehead atoms. The monoisotopic (exact) mass is 232 g/mol. The molecule has 2 heterocycles. The summed E-state index contributed by atoms with van der Waals surface area (Å²) < 4.78 is 5.43. The molecule has 90 valence electrons. The molecule has 0 radical (unpaired) electrons. The van der Waals surface area contributed by atoms with Gasteiger partial charge >= 0.3 is 0 Å². The first-order valence-electron chi connectivity index (χ1n) is 5.97. The average Bonchev–Trinajstić information content (AvgIpc) is 2.69. The molecule has 0 saturated carbocycles. The van der Waals surface area contributed by atoms with E-state index in [1.165, 1.54) is 5.56 Å². The number of fused-ring (bicyclic) bond motifs is 2. The molecule has 4 heteroatoms. The standard InChI is InChI=1S/C13H16N2O2/c14-12(16)9-1-2-10-11(7-9)15-8-13(10)3-5-17-6-4-13/h1-2,7,15H,3-6,8H2,(H2,14,16). The molecule has 1 aromatic rings. The van der Waals surface area contributed by atoms with Crippen molar-refractivity contribution in [2.45, 2.75) is 18.3 Å². The van der Waals surface area contributed by atoms with E-state index in [9.17, 15) is 4.79 Å². The number of carbonyl (C=O) groups excluding carboxylic acids is 1. The van der Waals surface area contributed by atoms with Crippen molar-refractivity contribution < 1.29 is 9.53 Å². The number of carbonyl (C=O) groups is 1. The van der Waals surface area contributed by atoms with Gasteiger partial charge in [-0.25, -0.2) is 0 Å². The van der Waals surface area contributed by atoms with E-state index in [1.807, 2.05) is 18.2 Å². The van der Waals surface area contributed by atoms with Crippen LogP contribution in [0.4, 0.5) is 5.69 Å². The lowest BCUT2D eigenvalue weighted by atomic mass is 9.76. The highest BCUT2D eigenvalue weighted by molar-refractivity contribution is 5.94. The lowest BCUT2D eigenvalue weighted by molar-refractivity contribution is 0.0567. The molecule has 0 unspecified atom stereocenters. The predicted molar refractivity (Wildman–Crippen MR) is 65.2 cm³/mol. The number of hydrogen-bond acceptors (Lipinski definition) is 3. The largest absolute Gasteiger partial charge is 0.384 e. The number of nitrogens with two attached hydrogens (primary N) is 1. The van der Waals surface area contributed by atoms with Gasteiger partial charge in [-0.1, -0.05) is 6.07 Å². The number of rotatable bonds is 1. The van der Waals surface area contributed by atoms with Gasteiger partial charge in [-0.3, -0.25) is 4.79 Å². The third-order valence-corrected chi connectivity index (χ3v) is 3.94. The first kappa shape index (κ1) is 10.6. The van der Waals surface area contributed by atoms with Crippen LogP contribution in [-0.4, -0.2) is 25.7 Å². The van der Waals surface area contributed by atoms with E-state index in [-0.39, 0.29) is 11.3 Å². The SMILES string of the molecule is NC(=O)c1ccc2c(c1)NCC21CCOCC1. The Balaban J connectivity index is 2.00. The van der Waals surface area contributed by atoms with Gasteiger partial charge in [0, 0.05) is 36.4 Å². The Labute approximate surface area is 100 Å². The summed E-state index contributed by atoms with van der Waals surface area (Å²) in [6.07, 6.45) is 2.09. The molecule has 1 fully saturated rings. The molecule has 0 aromatic heterocycles. The smallest absolute Gasteiger partial charge is 0.248 e. The van der Waals surface area contributed by atoms with Crippen LogP contribution in [0.25, 0.3) is 0 Å². The van der Waals surface area contributed by atoms with Crippen molar-refractivity contribution in [1.82, 2.24) is 0 Å². The van der Waals surface area contributed by atoms with Crippen LogP contribution in [0.3, 0.4) is 0 Å². The normalized spacial score (nSPS) is 20.9. The van der Waals surface area contributed by atoms with E-state index < -0.39 is 0 Å². The predicted octanol–water partition coefficient (Wildman–Crippen LogP) is 1.26. The third-order valence-electron chi connectivity index (χ3n) is 3.94. The van der Waals surface area contributed by atoms with Crippen molar-refractivity contribution in [2.24, 2.45) is 5.73 Å². The van der Waals surface area contributed by atoms with E-state index in [4.69, 9.17) is 10.5 Å². The van der Waals surface area contributed by atoms with E-state index in [0.717, 1.165) is 38.3 Å². The van der Waals surface area contributed by atoms with E-state index >= 15 is 0 Å². The maximum absolute atomic E-state index is 11.1. The van der Waals surface area contributed by atoms with E-state index in [1.54, 1.807) is 0 Å². The lowest BCUT2D eigenvalue weighted by Crippen LogP contribution is -2.35. The Morgan fingerprint density at radius 3 is 2.82 bits per heavy atom. The zero-order valence-electron chi connectivity index (χ0n) is 9.66. The van der Waals surface area contributed by atoms with Crippen LogP contribution in [-0.2, 0) is 10.2 Å². The number of primary amides is 1. The molecule has 3 rings (SSSR count). The van der Waals surface area contributed by atoms with Gasteiger partial charge < -0.3 is 15.8 Å². The summed E-state index contributed by atoms with van der Waals surface area (Å²) in [7, 11) is 0. The Morgan fingerprint density at radius 1 is 1.35 bits per heavy atom. The molecule has 17 heavy (non-hydrogen) atoms. The zero-order chi connectivity index (χ0) is 11.9. The van der Waals surface area contributed by atoms with Gasteiger partial charge in [0.1, 0.15) is 0 Å². The summed E-state index contributed by atoms with van der Waals surface area (Å²) >= 11 is 0. The molecular formula is C13H16N2O2.